The second-order valence-electron chi connectivity index (χ2n) is 4.90. The van der Waals surface area contributed by atoms with Crippen molar-refractivity contribution in [3.63, 3.8) is 0 Å². The van der Waals surface area contributed by atoms with Crippen molar-refractivity contribution >= 4 is 11.6 Å². The fraction of sp³-hybridized carbons (Fsp3) is 0.571. The standard InChI is InChI=1S/C14H17ClF2/c15-9-12(10-3-1-2-4-10)7-11-5-6-13(16)8-14(11)17/h5-6,8,10,12H,1-4,7,9H2. The zero-order valence-electron chi connectivity index (χ0n) is 9.76. The average molecular weight is 259 g/mol. The molecule has 1 saturated carbocycles. The number of halogens is 3. The van der Waals surface area contributed by atoms with Crippen molar-refractivity contribution in [1.29, 1.82) is 0 Å². The van der Waals surface area contributed by atoms with Gasteiger partial charge in [-0.25, -0.2) is 8.78 Å². The molecular weight excluding hydrogens is 242 g/mol. The van der Waals surface area contributed by atoms with Crippen LogP contribution >= 0.6 is 11.6 Å². The quantitative estimate of drug-likeness (QED) is 0.695. The average Bonchev–Trinajstić information content (AvgIpc) is 2.81. The molecule has 1 aliphatic carbocycles. The lowest BCUT2D eigenvalue weighted by atomic mass is 9.87. The molecular formula is C14H17ClF2. The summed E-state index contributed by atoms with van der Waals surface area (Å²) in [6, 6.07) is 3.81. The van der Waals surface area contributed by atoms with Crippen LogP contribution in [0.2, 0.25) is 0 Å². The molecule has 3 heteroatoms. The number of benzene rings is 1. The Hall–Kier alpha value is -0.630. The first kappa shape index (κ1) is 12.8. The zero-order chi connectivity index (χ0) is 12.3. The molecule has 0 spiro atoms. The molecule has 1 aromatic carbocycles. The number of alkyl halides is 1. The highest BCUT2D eigenvalue weighted by Gasteiger charge is 2.25. The van der Waals surface area contributed by atoms with Gasteiger partial charge in [-0.1, -0.05) is 31.7 Å². The Kier molecular flexibility index (Phi) is 4.38. The SMILES string of the molecule is Fc1ccc(CC(CCl)C2CCCC2)c(F)c1. The lowest BCUT2D eigenvalue weighted by molar-refractivity contribution is 0.364. The summed E-state index contributed by atoms with van der Waals surface area (Å²) < 4.78 is 26.4. The van der Waals surface area contributed by atoms with Crippen molar-refractivity contribution in [3.8, 4) is 0 Å². The molecule has 1 aliphatic rings. The fourth-order valence-electron chi connectivity index (χ4n) is 2.75. The summed E-state index contributed by atoms with van der Waals surface area (Å²) in [7, 11) is 0. The van der Waals surface area contributed by atoms with Crippen LogP contribution in [-0.4, -0.2) is 5.88 Å². The van der Waals surface area contributed by atoms with Gasteiger partial charge in [0.1, 0.15) is 11.6 Å². The van der Waals surface area contributed by atoms with Gasteiger partial charge in [0.25, 0.3) is 0 Å². The maximum Gasteiger partial charge on any atom is 0.129 e. The van der Waals surface area contributed by atoms with E-state index >= 15 is 0 Å². The molecule has 1 fully saturated rings. The normalized spacial score (nSPS) is 18.5. The van der Waals surface area contributed by atoms with E-state index < -0.39 is 11.6 Å². The van der Waals surface area contributed by atoms with Crippen molar-refractivity contribution in [3.05, 3.63) is 35.4 Å². The molecule has 0 saturated heterocycles. The van der Waals surface area contributed by atoms with Crippen LogP contribution in [0.4, 0.5) is 8.78 Å². The van der Waals surface area contributed by atoms with E-state index in [9.17, 15) is 8.78 Å². The molecule has 1 aromatic rings. The Morgan fingerprint density at radius 1 is 1.24 bits per heavy atom. The summed E-state index contributed by atoms with van der Waals surface area (Å²) in [5.74, 6) is 0.519. The van der Waals surface area contributed by atoms with Gasteiger partial charge in [-0.15, -0.1) is 11.6 Å². The first-order valence-electron chi connectivity index (χ1n) is 6.20. The van der Waals surface area contributed by atoms with Gasteiger partial charge in [0.05, 0.1) is 0 Å². The predicted octanol–water partition coefficient (Wildman–Crippen LogP) is 4.55. The highest BCUT2D eigenvalue weighted by Crippen LogP contribution is 2.34. The van der Waals surface area contributed by atoms with E-state index in [-0.39, 0.29) is 0 Å². The third-order valence-corrected chi connectivity index (χ3v) is 4.16. The topological polar surface area (TPSA) is 0 Å². The van der Waals surface area contributed by atoms with E-state index in [2.05, 4.69) is 0 Å². The van der Waals surface area contributed by atoms with Crippen LogP contribution in [0.1, 0.15) is 31.2 Å². The largest absolute Gasteiger partial charge is 0.207 e. The molecule has 0 bridgehead atoms. The summed E-state index contributed by atoms with van der Waals surface area (Å²) in [6.45, 7) is 0. The predicted molar refractivity (Wildman–Crippen MR) is 66.2 cm³/mol. The van der Waals surface area contributed by atoms with Gasteiger partial charge >= 0.3 is 0 Å². The van der Waals surface area contributed by atoms with Crippen molar-refractivity contribution < 1.29 is 8.78 Å². The van der Waals surface area contributed by atoms with E-state index in [0.29, 0.717) is 29.7 Å². The minimum atomic E-state index is -0.519. The maximum absolute atomic E-state index is 13.6. The molecule has 0 aromatic heterocycles. The van der Waals surface area contributed by atoms with Gasteiger partial charge < -0.3 is 0 Å². The van der Waals surface area contributed by atoms with Crippen LogP contribution in [0.5, 0.6) is 0 Å². The monoisotopic (exact) mass is 258 g/mol. The molecule has 1 unspecified atom stereocenters. The molecule has 0 N–H and O–H groups in total. The highest BCUT2D eigenvalue weighted by molar-refractivity contribution is 6.18. The zero-order valence-corrected chi connectivity index (χ0v) is 10.5. The van der Waals surface area contributed by atoms with E-state index in [1.54, 1.807) is 6.07 Å². The molecule has 0 heterocycles. The van der Waals surface area contributed by atoms with Crippen LogP contribution in [-0.2, 0) is 6.42 Å². The third-order valence-electron chi connectivity index (χ3n) is 3.76. The molecule has 0 amide bonds. The lowest BCUT2D eigenvalue weighted by Gasteiger charge is -2.21. The van der Waals surface area contributed by atoms with E-state index in [1.165, 1.54) is 31.7 Å². The van der Waals surface area contributed by atoms with Crippen LogP contribution < -0.4 is 0 Å². The Morgan fingerprint density at radius 3 is 2.53 bits per heavy atom. The summed E-state index contributed by atoms with van der Waals surface area (Å²) in [5, 5.41) is 0. The van der Waals surface area contributed by atoms with Gasteiger partial charge in [-0.2, -0.15) is 0 Å². The highest BCUT2D eigenvalue weighted by atomic mass is 35.5. The summed E-state index contributed by atoms with van der Waals surface area (Å²) in [4.78, 5) is 0. The molecule has 94 valence electrons. The second-order valence-corrected chi connectivity index (χ2v) is 5.21. The van der Waals surface area contributed by atoms with Crippen LogP contribution in [0.3, 0.4) is 0 Å². The third kappa shape index (κ3) is 3.19. The number of hydrogen-bond donors (Lipinski definition) is 0. The van der Waals surface area contributed by atoms with Gasteiger partial charge in [-0.3, -0.25) is 0 Å². The maximum atomic E-state index is 13.6. The molecule has 17 heavy (non-hydrogen) atoms. The molecule has 2 rings (SSSR count). The lowest BCUT2D eigenvalue weighted by Crippen LogP contribution is -2.17. The number of hydrogen-bond acceptors (Lipinski definition) is 0. The van der Waals surface area contributed by atoms with Gasteiger partial charge in [0, 0.05) is 11.9 Å². The summed E-state index contributed by atoms with van der Waals surface area (Å²) in [5.41, 5.74) is 0.587. The van der Waals surface area contributed by atoms with Crippen molar-refractivity contribution in [2.24, 2.45) is 11.8 Å². The first-order chi connectivity index (χ1) is 8.20. The van der Waals surface area contributed by atoms with Crippen LogP contribution in [0, 0.1) is 23.5 Å². The van der Waals surface area contributed by atoms with Crippen molar-refractivity contribution in [1.82, 2.24) is 0 Å². The fourth-order valence-corrected chi connectivity index (χ4v) is 3.11. The first-order valence-corrected chi connectivity index (χ1v) is 6.74. The second kappa shape index (κ2) is 5.81. The van der Waals surface area contributed by atoms with E-state index in [1.807, 2.05) is 0 Å². The van der Waals surface area contributed by atoms with Crippen molar-refractivity contribution in [2.75, 3.05) is 5.88 Å². The van der Waals surface area contributed by atoms with Crippen LogP contribution in [0.25, 0.3) is 0 Å². The molecule has 1 atom stereocenters. The summed E-state index contributed by atoms with van der Waals surface area (Å²) in [6.07, 6.45) is 5.52. The summed E-state index contributed by atoms with van der Waals surface area (Å²) >= 11 is 5.98. The van der Waals surface area contributed by atoms with Gasteiger partial charge in [-0.05, 0) is 29.9 Å². The Labute approximate surface area is 106 Å². The molecule has 0 nitrogen and oxygen atoms in total. The van der Waals surface area contributed by atoms with Crippen molar-refractivity contribution in [2.45, 2.75) is 32.1 Å². The van der Waals surface area contributed by atoms with Crippen LogP contribution in [0.15, 0.2) is 18.2 Å². The Morgan fingerprint density at radius 2 is 1.94 bits per heavy atom. The molecule has 0 aliphatic heterocycles. The Bertz CT molecular complexity index is 372. The minimum absolute atomic E-state index is 0.319. The smallest absolute Gasteiger partial charge is 0.129 e. The van der Waals surface area contributed by atoms with Gasteiger partial charge in [0.2, 0.25) is 0 Å². The van der Waals surface area contributed by atoms with E-state index in [4.69, 9.17) is 11.6 Å². The van der Waals surface area contributed by atoms with Gasteiger partial charge in [0.15, 0.2) is 0 Å². The number of rotatable bonds is 4. The van der Waals surface area contributed by atoms with E-state index in [0.717, 1.165) is 6.07 Å². The minimum Gasteiger partial charge on any atom is -0.207 e. The molecule has 0 radical (unpaired) electrons. The Balaban J connectivity index is 2.06.